The van der Waals surface area contributed by atoms with Crippen LogP contribution in [0.4, 0.5) is 4.39 Å². The minimum Gasteiger partial charge on any atom is -0.378 e. The van der Waals surface area contributed by atoms with E-state index in [0.29, 0.717) is 0 Å². The van der Waals surface area contributed by atoms with E-state index in [0.717, 1.165) is 28.1 Å². The van der Waals surface area contributed by atoms with Gasteiger partial charge < -0.3 is 4.90 Å². The molecule has 0 unspecified atom stereocenters. The zero-order valence-corrected chi connectivity index (χ0v) is 13.8. The average Bonchev–Trinajstić information content (AvgIpc) is 2.28. The van der Waals surface area contributed by atoms with Gasteiger partial charge >= 0.3 is 0 Å². The molecule has 0 aliphatic carbocycles. The standard InChI is InChI=1S/C15H15FN.Y/c1-10-5-8-15(17(4)12(10)3)14-7-6-13(16)9-11(14)2;/h5-7,9H,3H2,1-2,4H3;/q-1;. The van der Waals surface area contributed by atoms with Crippen LogP contribution in [0.25, 0.3) is 5.70 Å². The topological polar surface area (TPSA) is 3.24 Å². The maximum atomic E-state index is 13.1. The van der Waals surface area contributed by atoms with E-state index in [9.17, 15) is 4.39 Å². The van der Waals surface area contributed by atoms with Crippen LogP contribution in [-0.4, -0.2) is 11.9 Å². The predicted octanol–water partition coefficient (Wildman–Crippen LogP) is 3.68. The van der Waals surface area contributed by atoms with Crippen molar-refractivity contribution in [2.75, 3.05) is 7.05 Å². The fourth-order valence-electron chi connectivity index (χ4n) is 1.91. The summed E-state index contributed by atoms with van der Waals surface area (Å²) in [6, 6.07) is 4.79. The van der Waals surface area contributed by atoms with Gasteiger partial charge in [-0.1, -0.05) is 37.3 Å². The molecule has 0 amide bonds. The van der Waals surface area contributed by atoms with Crippen LogP contribution < -0.4 is 0 Å². The van der Waals surface area contributed by atoms with E-state index in [4.69, 9.17) is 0 Å². The summed E-state index contributed by atoms with van der Waals surface area (Å²) in [7, 11) is 1.95. The van der Waals surface area contributed by atoms with E-state index in [1.54, 1.807) is 6.07 Å². The fourth-order valence-corrected chi connectivity index (χ4v) is 1.91. The van der Waals surface area contributed by atoms with Crippen molar-refractivity contribution in [3.63, 3.8) is 0 Å². The van der Waals surface area contributed by atoms with Crippen LogP contribution in [0.15, 0.2) is 42.1 Å². The molecule has 2 rings (SSSR count). The van der Waals surface area contributed by atoms with Crippen LogP contribution >= 0.6 is 0 Å². The molecule has 0 spiro atoms. The predicted molar refractivity (Wildman–Crippen MR) is 68.4 cm³/mol. The SMILES string of the molecule is C=C1C(C)=C[C-]=C(c2ccc(F)cc2C)N1C.[Y]. The van der Waals surface area contributed by atoms with Crippen LogP contribution in [0.3, 0.4) is 0 Å². The maximum Gasteiger partial charge on any atom is 0.121 e. The molecule has 0 aromatic heterocycles. The number of hydrogen-bond acceptors (Lipinski definition) is 1. The Balaban J connectivity index is 0.00000162. The Bertz CT molecular complexity index is 543. The maximum absolute atomic E-state index is 13.1. The van der Waals surface area contributed by atoms with E-state index in [-0.39, 0.29) is 38.5 Å². The third-order valence-electron chi connectivity index (χ3n) is 3.06. The molecule has 91 valence electrons. The van der Waals surface area contributed by atoms with Crippen molar-refractivity contribution in [2.45, 2.75) is 13.8 Å². The number of likely N-dealkylation sites (N-methyl/N-ethyl adjacent to an activating group) is 1. The third-order valence-corrected chi connectivity index (χ3v) is 3.06. The molecule has 3 heteroatoms. The van der Waals surface area contributed by atoms with Gasteiger partial charge in [0.05, 0.1) is 0 Å². The second-order valence-corrected chi connectivity index (χ2v) is 4.29. The Morgan fingerprint density at radius 3 is 2.56 bits per heavy atom. The van der Waals surface area contributed by atoms with Crippen molar-refractivity contribution in [3.8, 4) is 0 Å². The van der Waals surface area contributed by atoms with E-state index < -0.39 is 0 Å². The molecule has 0 atom stereocenters. The summed E-state index contributed by atoms with van der Waals surface area (Å²) in [6.07, 6.45) is 5.14. The Morgan fingerprint density at radius 2 is 1.94 bits per heavy atom. The number of hydrogen-bond donors (Lipinski definition) is 0. The first-order valence-electron chi connectivity index (χ1n) is 5.50. The van der Waals surface area contributed by atoms with Crippen LogP contribution in [0.1, 0.15) is 18.1 Å². The van der Waals surface area contributed by atoms with Crippen molar-refractivity contribution in [3.05, 3.63) is 65.1 Å². The number of nitrogens with zero attached hydrogens (tertiary/aromatic N) is 1. The van der Waals surface area contributed by atoms with Gasteiger partial charge in [0.15, 0.2) is 0 Å². The van der Waals surface area contributed by atoms with Gasteiger partial charge in [0.25, 0.3) is 0 Å². The fraction of sp³-hybridized carbons (Fsp3) is 0.200. The minimum atomic E-state index is -0.212. The third kappa shape index (κ3) is 2.81. The number of halogens is 1. The zero-order chi connectivity index (χ0) is 12.6. The smallest absolute Gasteiger partial charge is 0.121 e. The van der Waals surface area contributed by atoms with Crippen LogP contribution in [-0.2, 0) is 32.7 Å². The summed E-state index contributed by atoms with van der Waals surface area (Å²) in [5.41, 5.74) is 4.86. The van der Waals surface area contributed by atoms with E-state index in [1.165, 1.54) is 12.1 Å². The normalized spacial score (nSPS) is 14.9. The number of allylic oxidation sites excluding steroid dienone is 3. The van der Waals surface area contributed by atoms with E-state index >= 15 is 0 Å². The summed E-state index contributed by atoms with van der Waals surface area (Å²) in [5.74, 6) is -0.212. The molecule has 1 radical (unpaired) electrons. The molecular formula is C15H15FNY-. The van der Waals surface area contributed by atoms with Gasteiger partial charge in [-0.05, 0) is 17.8 Å². The van der Waals surface area contributed by atoms with Crippen LogP contribution in [0.2, 0.25) is 0 Å². The molecule has 0 bridgehead atoms. The van der Waals surface area contributed by atoms with Gasteiger partial charge in [0.2, 0.25) is 0 Å². The molecule has 1 heterocycles. The molecule has 0 N–H and O–H groups in total. The van der Waals surface area contributed by atoms with Gasteiger partial charge in [0, 0.05) is 39.8 Å². The molecule has 0 saturated carbocycles. The Hall–Kier alpha value is -0.726. The van der Waals surface area contributed by atoms with Crippen molar-refractivity contribution >= 4 is 5.70 Å². The first-order chi connectivity index (χ1) is 8.00. The zero-order valence-electron chi connectivity index (χ0n) is 10.9. The first-order valence-corrected chi connectivity index (χ1v) is 5.50. The molecular weight excluding hydrogens is 302 g/mol. The average molecular weight is 317 g/mol. The van der Waals surface area contributed by atoms with Gasteiger partial charge in [-0.25, -0.2) is 4.39 Å². The largest absolute Gasteiger partial charge is 0.378 e. The van der Waals surface area contributed by atoms with Crippen molar-refractivity contribution in [1.29, 1.82) is 0 Å². The van der Waals surface area contributed by atoms with Crippen LogP contribution in [0.5, 0.6) is 0 Å². The van der Waals surface area contributed by atoms with E-state index in [1.807, 2.05) is 31.9 Å². The van der Waals surface area contributed by atoms with E-state index in [2.05, 4.69) is 12.7 Å². The molecule has 1 aromatic carbocycles. The van der Waals surface area contributed by atoms with Crippen molar-refractivity contribution in [2.24, 2.45) is 0 Å². The number of rotatable bonds is 1. The van der Waals surface area contributed by atoms with Gasteiger partial charge in [0.1, 0.15) is 5.82 Å². The minimum absolute atomic E-state index is 0. The molecule has 0 fully saturated rings. The quantitative estimate of drug-likeness (QED) is 0.714. The summed E-state index contributed by atoms with van der Waals surface area (Å²) >= 11 is 0. The number of aryl methyl sites for hydroxylation is 1. The Labute approximate surface area is 133 Å². The van der Waals surface area contributed by atoms with Crippen molar-refractivity contribution in [1.82, 2.24) is 4.90 Å². The summed E-state index contributed by atoms with van der Waals surface area (Å²) in [6.45, 7) is 7.92. The molecule has 0 saturated heterocycles. The second-order valence-electron chi connectivity index (χ2n) is 4.29. The van der Waals surface area contributed by atoms with Crippen molar-refractivity contribution < 1.29 is 37.1 Å². The summed E-state index contributed by atoms with van der Waals surface area (Å²) in [5, 5.41) is 0. The van der Waals surface area contributed by atoms with Gasteiger partial charge in [-0.3, -0.25) is 0 Å². The first kappa shape index (κ1) is 15.3. The molecule has 18 heavy (non-hydrogen) atoms. The Kier molecular flexibility index (Phi) is 5.06. The monoisotopic (exact) mass is 317 g/mol. The molecule has 1 aliphatic rings. The summed E-state index contributed by atoms with van der Waals surface area (Å²) < 4.78 is 13.1. The molecule has 1 aromatic rings. The Morgan fingerprint density at radius 1 is 1.28 bits per heavy atom. The molecule has 1 nitrogen and oxygen atoms in total. The van der Waals surface area contributed by atoms with Gasteiger partial charge in [-0.2, -0.15) is 12.2 Å². The number of benzene rings is 1. The second kappa shape index (κ2) is 5.94. The summed E-state index contributed by atoms with van der Waals surface area (Å²) in [4.78, 5) is 1.98. The van der Waals surface area contributed by atoms with Gasteiger partial charge in [-0.15, -0.1) is 11.6 Å². The molecule has 1 aliphatic heterocycles. The van der Waals surface area contributed by atoms with Crippen LogP contribution in [0, 0.1) is 18.8 Å².